The molecule has 2 aliphatic heterocycles. The lowest BCUT2D eigenvalue weighted by molar-refractivity contribution is -0.159. The monoisotopic (exact) mass is 409 g/mol. The van der Waals surface area contributed by atoms with Gasteiger partial charge in [-0.3, -0.25) is 4.79 Å². The molecule has 0 bridgehead atoms. The van der Waals surface area contributed by atoms with Crippen LogP contribution in [0.15, 0.2) is 24.3 Å². The maximum atomic E-state index is 12.7. The van der Waals surface area contributed by atoms with E-state index in [4.69, 9.17) is 0 Å². The van der Waals surface area contributed by atoms with Crippen molar-refractivity contribution in [2.24, 2.45) is 0 Å². The van der Waals surface area contributed by atoms with Crippen molar-refractivity contribution in [2.75, 3.05) is 19.7 Å². The number of carbonyl (C=O) groups excluding carboxylic acids is 2. The molecule has 6 heteroatoms. The van der Waals surface area contributed by atoms with Crippen molar-refractivity contribution in [3.8, 4) is 11.8 Å². The maximum absolute atomic E-state index is 12.7. The van der Waals surface area contributed by atoms with Crippen LogP contribution in [0.3, 0.4) is 0 Å². The lowest BCUT2D eigenvalue weighted by atomic mass is 9.73. The molecule has 1 aromatic rings. The fraction of sp³-hybridized carbons (Fsp3) is 0.583. The minimum Gasteiger partial charge on any atom is -0.394 e. The molecule has 2 heterocycles. The molecule has 160 valence electrons. The molecule has 1 aromatic carbocycles. The van der Waals surface area contributed by atoms with E-state index in [1.165, 1.54) is 0 Å². The van der Waals surface area contributed by atoms with Gasteiger partial charge in [0.15, 0.2) is 0 Å². The highest BCUT2D eigenvalue weighted by atomic mass is 16.3. The summed E-state index contributed by atoms with van der Waals surface area (Å²) in [6.07, 6.45) is 6.27. The predicted molar refractivity (Wildman–Crippen MR) is 115 cm³/mol. The Morgan fingerprint density at radius 3 is 2.63 bits per heavy atom. The van der Waals surface area contributed by atoms with E-state index in [1.807, 2.05) is 24.3 Å². The zero-order valence-corrected chi connectivity index (χ0v) is 17.6. The Morgan fingerprint density at radius 2 is 1.97 bits per heavy atom. The third kappa shape index (κ3) is 4.04. The van der Waals surface area contributed by atoms with Crippen LogP contribution < -0.4 is 5.32 Å². The molecular formula is C24H31N3O3. The van der Waals surface area contributed by atoms with Crippen molar-refractivity contribution >= 4 is 11.9 Å². The highest BCUT2D eigenvalue weighted by molar-refractivity contribution is 5.87. The molecule has 0 unspecified atom stereocenters. The second kappa shape index (κ2) is 9.09. The van der Waals surface area contributed by atoms with Crippen molar-refractivity contribution < 1.29 is 14.7 Å². The van der Waals surface area contributed by atoms with E-state index in [0.717, 1.165) is 49.7 Å². The Kier molecular flexibility index (Phi) is 6.29. The number of fused-ring (bicyclic) bond motifs is 1. The summed E-state index contributed by atoms with van der Waals surface area (Å²) < 4.78 is 0. The molecule has 3 atom stereocenters. The summed E-state index contributed by atoms with van der Waals surface area (Å²) in [5.74, 6) is 6.27. The Labute approximate surface area is 178 Å². The maximum Gasteiger partial charge on any atom is 0.318 e. The molecule has 4 rings (SSSR count). The number of aliphatic hydroxyl groups is 1. The Hall–Kier alpha value is -2.52. The van der Waals surface area contributed by atoms with Gasteiger partial charge in [-0.1, -0.05) is 43.7 Å². The molecule has 0 spiro atoms. The van der Waals surface area contributed by atoms with Crippen LogP contribution in [0.2, 0.25) is 0 Å². The van der Waals surface area contributed by atoms with E-state index in [1.54, 1.807) is 9.80 Å². The Bertz CT molecular complexity index is 835. The largest absolute Gasteiger partial charge is 0.394 e. The number of unbranched alkanes of at least 4 members (excludes halogenated alkanes) is 1. The van der Waals surface area contributed by atoms with Gasteiger partial charge in [0.2, 0.25) is 5.91 Å². The number of amides is 3. The Balaban J connectivity index is 1.46. The fourth-order valence-corrected chi connectivity index (χ4v) is 5.07. The van der Waals surface area contributed by atoms with E-state index in [-0.39, 0.29) is 49.1 Å². The first kappa shape index (κ1) is 20.7. The third-order valence-electron chi connectivity index (χ3n) is 6.63. The third-order valence-corrected chi connectivity index (χ3v) is 6.63. The molecule has 2 saturated heterocycles. The molecule has 3 fully saturated rings. The van der Waals surface area contributed by atoms with Crippen LogP contribution >= 0.6 is 0 Å². The quantitative estimate of drug-likeness (QED) is 0.751. The number of carbonyl (C=O) groups is 2. The summed E-state index contributed by atoms with van der Waals surface area (Å²) in [6.45, 7) is 2.63. The number of rotatable bonds is 4. The normalized spacial score (nSPS) is 25.9. The fourth-order valence-electron chi connectivity index (χ4n) is 5.07. The topological polar surface area (TPSA) is 72.9 Å². The van der Waals surface area contributed by atoms with Gasteiger partial charge in [-0.05, 0) is 37.0 Å². The number of urea groups is 1. The molecule has 1 saturated carbocycles. The van der Waals surface area contributed by atoms with Gasteiger partial charge in [-0.25, -0.2) is 4.79 Å². The highest BCUT2D eigenvalue weighted by Gasteiger charge is 2.54. The van der Waals surface area contributed by atoms with E-state index < -0.39 is 0 Å². The van der Waals surface area contributed by atoms with Crippen molar-refractivity contribution in [1.29, 1.82) is 0 Å². The average molecular weight is 410 g/mol. The first-order valence-corrected chi connectivity index (χ1v) is 11.2. The summed E-state index contributed by atoms with van der Waals surface area (Å²) in [5.41, 5.74) is 2.06. The van der Waals surface area contributed by atoms with E-state index >= 15 is 0 Å². The first-order valence-electron chi connectivity index (χ1n) is 11.2. The van der Waals surface area contributed by atoms with Gasteiger partial charge < -0.3 is 20.2 Å². The van der Waals surface area contributed by atoms with Crippen LogP contribution in [0, 0.1) is 11.8 Å². The summed E-state index contributed by atoms with van der Waals surface area (Å²) in [7, 11) is 0. The second-order valence-corrected chi connectivity index (χ2v) is 8.63. The SMILES string of the molecule is CCCC#Cc1ccc([C@H]2[C@@H](CO)N3C(=O)CN(C(=O)NC4CCCC4)C[C@H]23)cc1. The number of hydrogen-bond acceptors (Lipinski definition) is 3. The van der Waals surface area contributed by atoms with E-state index in [0.29, 0.717) is 6.54 Å². The number of nitrogens with one attached hydrogen (secondary N) is 1. The van der Waals surface area contributed by atoms with Crippen molar-refractivity contribution in [3.05, 3.63) is 35.4 Å². The first-order chi connectivity index (χ1) is 14.6. The van der Waals surface area contributed by atoms with Crippen LogP contribution in [0.5, 0.6) is 0 Å². The van der Waals surface area contributed by atoms with Gasteiger partial charge in [0, 0.05) is 30.5 Å². The number of hydrogen-bond donors (Lipinski definition) is 2. The molecule has 30 heavy (non-hydrogen) atoms. The minimum atomic E-state index is -0.223. The standard InChI is InChI=1S/C24H31N3O3/c1-2-3-4-7-17-10-12-18(13-11-17)23-20-14-26(15-22(29)27(20)21(23)16-28)24(30)25-19-8-5-6-9-19/h10-13,19-21,23,28H,2-3,5-6,8-9,14-16H2,1H3,(H,25,30)/t20-,21-,23-/m1/s1. The van der Waals surface area contributed by atoms with Crippen LogP contribution in [-0.4, -0.2) is 64.7 Å². The number of nitrogens with zero attached hydrogens (tertiary/aromatic N) is 2. The molecule has 2 N–H and O–H groups in total. The van der Waals surface area contributed by atoms with Gasteiger partial charge in [0.1, 0.15) is 6.54 Å². The van der Waals surface area contributed by atoms with Crippen LogP contribution in [0.4, 0.5) is 4.79 Å². The number of aliphatic hydroxyl groups excluding tert-OH is 1. The van der Waals surface area contributed by atoms with Crippen molar-refractivity contribution in [2.45, 2.75) is 69.5 Å². The number of piperazine rings is 1. The zero-order chi connectivity index (χ0) is 21.1. The Morgan fingerprint density at radius 1 is 1.23 bits per heavy atom. The van der Waals surface area contributed by atoms with Crippen LogP contribution in [0.25, 0.3) is 0 Å². The van der Waals surface area contributed by atoms with Crippen LogP contribution in [-0.2, 0) is 4.79 Å². The highest BCUT2D eigenvalue weighted by Crippen LogP contribution is 2.42. The number of benzene rings is 1. The minimum absolute atomic E-state index is 0.0266. The summed E-state index contributed by atoms with van der Waals surface area (Å²) in [6, 6.07) is 7.88. The summed E-state index contributed by atoms with van der Waals surface area (Å²) >= 11 is 0. The van der Waals surface area contributed by atoms with Crippen molar-refractivity contribution in [1.82, 2.24) is 15.1 Å². The zero-order valence-electron chi connectivity index (χ0n) is 17.6. The van der Waals surface area contributed by atoms with Gasteiger partial charge in [-0.2, -0.15) is 0 Å². The summed E-state index contributed by atoms with van der Waals surface area (Å²) in [4.78, 5) is 28.9. The van der Waals surface area contributed by atoms with Crippen LogP contribution in [0.1, 0.15) is 62.5 Å². The smallest absolute Gasteiger partial charge is 0.318 e. The van der Waals surface area contributed by atoms with Gasteiger partial charge in [0.05, 0.1) is 18.7 Å². The molecular weight excluding hydrogens is 378 g/mol. The lowest BCUT2D eigenvalue weighted by Crippen LogP contribution is -2.74. The average Bonchev–Trinajstić information content (AvgIpc) is 3.24. The van der Waals surface area contributed by atoms with E-state index in [9.17, 15) is 14.7 Å². The van der Waals surface area contributed by atoms with Crippen molar-refractivity contribution in [3.63, 3.8) is 0 Å². The predicted octanol–water partition coefficient (Wildman–Crippen LogP) is 2.46. The van der Waals surface area contributed by atoms with Gasteiger partial charge in [0.25, 0.3) is 0 Å². The molecule has 3 aliphatic rings. The summed E-state index contributed by atoms with van der Waals surface area (Å²) in [5, 5.41) is 13.0. The molecule has 0 aromatic heterocycles. The van der Waals surface area contributed by atoms with Gasteiger partial charge in [-0.15, -0.1) is 0 Å². The molecule has 6 nitrogen and oxygen atoms in total. The van der Waals surface area contributed by atoms with E-state index in [2.05, 4.69) is 24.1 Å². The lowest BCUT2D eigenvalue weighted by Gasteiger charge is -2.58. The second-order valence-electron chi connectivity index (χ2n) is 8.63. The molecule has 3 amide bonds. The molecule has 1 aliphatic carbocycles. The van der Waals surface area contributed by atoms with Gasteiger partial charge >= 0.3 is 6.03 Å². The molecule has 0 radical (unpaired) electrons.